The molecule has 0 aliphatic carbocycles. The number of carbonyl (C=O) groups excluding carboxylic acids is 1. The van der Waals surface area contributed by atoms with Crippen molar-refractivity contribution >= 4 is 45.4 Å². The predicted octanol–water partition coefficient (Wildman–Crippen LogP) is 4.65. The van der Waals surface area contributed by atoms with Crippen LogP contribution < -0.4 is 10.2 Å². The van der Waals surface area contributed by atoms with Gasteiger partial charge in [0.2, 0.25) is 0 Å². The van der Waals surface area contributed by atoms with Crippen molar-refractivity contribution in [3.8, 4) is 11.4 Å². The molecule has 0 spiro atoms. The van der Waals surface area contributed by atoms with Crippen LogP contribution in [-0.4, -0.2) is 34.5 Å². The van der Waals surface area contributed by atoms with Crippen LogP contribution >= 0.6 is 23.1 Å². The second-order valence-corrected chi connectivity index (χ2v) is 8.72. The molecule has 2 heterocycles. The summed E-state index contributed by atoms with van der Waals surface area (Å²) in [6.07, 6.45) is 1.65. The quantitative estimate of drug-likeness (QED) is 0.260. The number of aryl methyl sites for hydroxylation is 1. The molecule has 0 radical (unpaired) electrons. The Morgan fingerprint density at radius 2 is 2.00 bits per heavy atom. The number of methoxy groups -OCH3 is 1. The maximum Gasteiger partial charge on any atom is 0.250 e. The number of thiazole rings is 1. The highest BCUT2D eigenvalue weighted by Crippen LogP contribution is 2.29. The lowest BCUT2D eigenvalue weighted by Crippen LogP contribution is -2.19. The summed E-state index contributed by atoms with van der Waals surface area (Å²) in [6.45, 7) is 2.02. The molecule has 1 amide bonds. The summed E-state index contributed by atoms with van der Waals surface area (Å²) >= 11 is 3.00. The smallest absolute Gasteiger partial charge is 0.250 e. The molecule has 1 N–H and O–H groups in total. The van der Waals surface area contributed by atoms with Gasteiger partial charge in [-0.1, -0.05) is 23.9 Å². The average Bonchev–Trinajstić information content (AvgIpc) is 3.35. The fraction of sp³-hybridized carbons (Fsp3) is 0.136. The Kier molecular flexibility index (Phi) is 6.15. The van der Waals surface area contributed by atoms with Gasteiger partial charge in [-0.3, -0.25) is 4.79 Å². The third-order valence-electron chi connectivity index (χ3n) is 4.42. The number of carbonyl (C=O) groups is 1. The van der Waals surface area contributed by atoms with Crippen molar-refractivity contribution in [1.82, 2.24) is 15.0 Å². The van der Waals surface area contributed by atoms with Crippen molar-refractivity contribution in [1.29, 1.82) is 0 Å². The largest absolute Gasteiger partial charge is 0.497 e. The van der Waals surface area contributed by atoms with Gasteiger partial charge in [0.15, 0.2) is 4.34 Å². The van der Waals surface area contributed by atoms with Crippen LogP contribution in [0, 0.1) is 6.92 Å². The summed E-state index contributed by atoms with van der Waals surface area (Å²) in [7, 11) is 1.64. The molecule has 0 unspecified atom stereocenters. The van der Waals surface area contributed by atoms with Crippen molar-refractivity contribution in [3.63, 3.8) is 0 Å². The lowest BCUT2D eigenvalue weighted by Gasteiger charge is -2.10. The van der Waals surface area contributed by atoms with Gasteiger partial charge in [0, 0.05) is 11.4 Å². The first-order chi connectivity index (χ1) is 14.6. The number of benzene rings is 2. The van der Waals surface area contributed by atoms with Crippen LogP contribution in [0.5, 0.6) is 5.75 Å². The van der Waals surface area contributed by atoms with Crippen LogP contribution in [0.3, 0.4) is 0 Å². The van der Waals surface area contributed by atoms with Crippen molar-refractivity contribution in [2.45, 2.75) is 11.3 Å². The predicted molar refractivity (Wildman–Crippen MR) is 123 cm³/mol. The van der Waals surface area contributed by atoms with Gasteiger partial charge in [-0.05, 0) is 55.5 Å². The Hall–Kier alpha value is -3.10. The van der Waals surface area contributed by atoms with Crippen LogP contribution in [0.1, 0.15) is 11.4 Å². The first-order valence-electron chi connectivity index (χ1n) is 9.27. The number of nitrogens with one attached hydrogen (secondary N) is 1. The van der Waals surface area contributed by atoms with Crippen molar-refractivity contribution in [2.75, 3.05) is 12.9 Å². The highest BCUT2D eigenvalue weighted by Gasteiger charge is 2.08. The van der Waals surface area contributed by atoms with Crippen LogP contribution in [0.25, 0.3) is 15.9 Å². The van der Waals surface area contributed by atoms with Gasteiger partial charge in [-0.2, -0.15) is 5.10 Å². The molecule has 0 saturated carbocycles. The van der Waals surface area contributed by atoms with Crippen LogP contribution in [0.15, 0.2) is 70.1 Å². The molecule has 0 bridgehead atoms. The molecule has 0 fully saturated rings. The molecular formula is C22H20N4O2S2. The Morgan fingerprint density at radius 3 is 2.77 bits per heavy atom. The number of nitrogens with zero attached hydrogens (tertiary/aromatic N) is 3. The number of amides is 1. The van der Waals surface area contributed by atoms with Crippen LogP contribution in [-0.2, 0) is 4.79 Å². The van der Waals surface area contributed by atoms with Crippen molar-refractivity contribution < 1.29 is 9.53 Å². The highest BCUT2D eigenvalue weighted by molar-refractivity contribution is 8.01. The van der Waals surface area contributed by atoms with Crippen LogP contribution in [0.4, 0.5) is 0 Å². The molecule has 6 nitrogen and oxygen atoms in total. The van der Waals surface area contributed by atoms with Crippen molar-refractivity contribution in [2.24, 2.45) is 5.10 Å². The molecule has 2 aromatic heterocycles. The number of hydrogen-bond donors (Lipinski definition) is 1. The molecule has 4 aromatic rings. The zero-order valence-corrected chi connectivity index (χ0v) is 18.2. The van der Waals surface area contributed by atoms with E-state index in [2.05, 4.69) is 20.1 Å². The first-order valence-corrected chi connectivity index (χ1v) is 11.1. The molecule has 0 aliphatic heterocycles. The van der Waals surface area contributed by atoms with E-state index in [1.807, 2.05) is 67.6 Å². The minimum Gasteiger partial charge on any atom is -0.497 e. The van der Waals surface area contributed by atoms with Gasteiger partial charge in [-0.15, -0.1) is 11.3 Å². The van der Waals surface area contributed by atoms with E-state index in [1.54, 1.807) is 24.7 Å². The van der Waals surface area contributed by atoms with Crippen molar-refractivity contribution in [3.05, 3.63) is 72.1 Å². The summed E-state index contributed by atoms with van der Waals surface area (Å²) in [5.41, 5.74) is 6.49. The number of thioether (sulfide) groups is 1. The molecule has 0 aliphatic rings. The Bertz CT molecular complexity index is 1160. The van der Waals surface area contributed by atoms with E-state index in [9.17, 15) is 4.79 Å². The van der Waals surface area contributed by atoms with Gasteiger partial charge in [0.05, 0.1) is 35.0 Å². The number of rotatable bonds is 7. The molecule has 0 atom stereocenters. The van der Waals surface area contributed by atoms with Gasteiger partial charge >= 0.3 is 0 Å². The second-order valence-electron chi connectivity index (χ2n) is 6.46. The van der Waals surface area contributed by atoms with E-state index < -0.39 is 0 Å². The normalized spacial score (nSPS) is 11.3. The van der Waals surface area contributed by atoms with Gasteiger partial charge in [0.1, 0.15) is 5.75 Å². The summed E-state index contributed by atoms with van der Waals surface area (Å²) in [6, 6.07) is 19.7. The van der Waals surface area contributed by atoms with E-state index >= 15 is 0 Å². The van der Waals surface area contributed by atoms with E-state index in [1.165, 1.54) is 11.8 Å². The molecule has 152 valence electrons. The summed E-state index contributed by atoms with van der Waals surface area (Å²) in [4.78, 5) is 16.7. The third kappa shape index (κ3) is 4.55. The number of aromatic nitrogens is 2. The van der Waals surface area contributed by atoms with E-state index in [-0.39, 0.29) is 11.7 Å². The Balaban J connectivity index is 1.37. The molecule has 30 heavy (non-hydrogen) atoms. The van der Waals surface area contributed by atoms with E-state index in [0.29, 0.717) is 0 Å². The Labute approximate surface area is 182 Å². The first kappa shape index (κ1) is 20.2. The van der Waals surface area contributed by atoms with E-state index in [0.717, 1.165) is 37.4 Å². The van der Waals surface area contributed by atoms with Gasteiger partial charge in [-0.25, -0.2) is 10.4 Å². The SMILES string of the molecule is COc1ccc(-n2c(C)ccc2/C=N\NC(=O)CSc2nc3ccccc3s2)cc1. The highest BCUT2D eigenvalue weighted by atomic mass is 32.2. The minimum absolute atomic E-state index is 0.171. The summed E-state index contributed by atoms with van der Waals surface area (Å²) in [5, 5.41) is 4.13. The second kappa shape index (κ2) is 9.15. The third-order valence-corrected chi connectivity index (χ3v) is 6.60. The molecule has 2 aromatic carbocycles. The van der Waals surface area contributed by atoms with Crippen LogP contribution in [0.2, 0.25) is 0 Å². The fourth-order valence-corrected chi connectivity index (χ4v) is 4.85. The van der Waals surface area contributed by atoms with Gasteiger partial charge < -0.3 is 9.30 Å². The summed E-state index contributed by atoms with van der Waals surface area (Å²) in [5.74, 6) is 0.891. The number of ether oxygens (including phenoxy) is 1. The molecular weight excluding hydrogens is 416 g/mol. The van der Waals surface area contributed by atoms with Gasteiger partial charge in [0.25, 0.3) is 5.91 Å². The Morgan fingerprint density at radius 1 is 1.20 bits per heavy atom. The number of hydrogen-bond acceptors (Lipinski definition) is 6. The minimum atomic E-state index is -0.171. The molecule has 4 rings (SSSR count). The maximum atomic E-state index is 12.2. The number of hydrazone groups is 1. The zero-order chi connectivity index (χ0) is 20.9. The zero-order valence-electron chi connectivity index (χ0n) is 16.5. The fourth-order valence-electron chi connectivity index (χ4n) is 2.99. The lowest BCUT2D eigenvalue weighted by atomic mass is 10.3. The molecule has 8 heteroatoms. The van der Waals surface area contributed by atoms with E-state index in [4.69, 9.17) is 4.74 Å². The summed E-state index contributed by atoms with van der Waals surface area (Å²) < 4.78 is 9.27. The number of para-hydroxylation sites is 1. The molecule has 0 saturated heterocycles. The number of fused-ring (bicyclic) bond motifs is 1. The standard InChI is InChI=1S/C22H20N4O2S2/c1-15-7-8-17(26(15)16-9-11-18(28-2)12-10-16)13-23-25-21(27)14-29-22-24-19-5-3-4-6-20(19)30-22/h3-13H,14H2,1-2H3,(H,25,27)/b23-13-. The topological polar surface area (TPSA) is 68.5 Å². The maximum absolute atomic E-state index is 12.2. The monoisotopic (exact) mass is 436 g/mol. The lowest BCUT2D eigenvalue weighted by molar-refractivity contribution is -0.118. The average molecular weight is 437 g/mol.